The standard InChI is InChI=1S/C25H26N8O.C24H26ClN7O.C2H6/c1-25(2,3)33-15-19(13-29-33)23(34)9-8-17-6-7-18(12-22(17)26-4)21-10-11-27-24(31-21)30-20-14-28-32(5)16-20;1-24(2,3)32-14-18(12-28-32)22(33)8-7-16-5-6-17(11-20(16)25)21-9-10-26-23(30-21)29-19-13-27-31(4)15-19;1-2/h6-7,10-16H,8-9H2,1-3,5H3,(H,27,30,31);5-6,9-15H,7-8H2,1-4H3,(H,26,29,30);1-2H3. The van der Waals surface area contributed by atoms with Gasteiger partial charge in [0.2, 0.25) is 11.9 Å². The Morgan fingerprint density at radius 1 is 0.623 bits per heavy atom. The molecule has 6 aromatic heterocycles. The molecule has 2 aromatic carbocycles. The van der Waals surface area contributed by atoms with E-state index in [1.807, 2.05) is 118 Å². The van der Waals surface area contributed by atoms with Crippen LogP contribution in [0.5, 0.6) is 0 Å². The van der Waals surface area contributed by atoms with Gasteiger partial charge in [-0.05, 0) is 95.3 Å². The molecule has 0 aliphatic rings. The van der Waals surface area contributed by atoms with Gasteiger partial charge in [0.15, 0.2) is 17.3 Å². The third-order valence-corrected chi connectivity index (χ3v) is 10.9. The lowest BCUT2D eigenvalue weighted by Crippen LogP contribution is -2.22. The summed E-state index contributed by atoms with van der Waals surface area (Å²) in [6.45, 7) is 23.9. The molecule has 0 saturated heterocycles. The molecule has 0 radical (unpaired) electrons. The second-order valence-corrected chi connectivity index (χ2v) is 18.3. The number of nitrogens with zero attached hydrogens (tertiary/aromatic N) is 13. The fraction of sp³-hybridized carbons (Fsp3) is 0.314. The molecule has 0 fully saturated rings. The summed E-state index contributed by atoms with van der Waals surface area (Å²) in [6.07, 6.45) is 19.0. The van der Waals surface area contributed by atoms with E-state index in [9.17, 15) is 9.59 Å². The molecular weight excluding hydrogens is 890 g/mol. The zero-order valence-electron chi connectivity index (χ0n) is 40.7. The first-order valence-corrected chi connectivity index (χ1v) is 22.9. The fourth-order valence-electron chi connectivity index (χ4n) is 6.79. The van der Waals surface area contributed by atoms with Crippen molar-refractivity contribution in [1.82, 2.24) is 59.1 Å². The highest BCUT2D eigenvalue weighted by Crippen LogP contribution is 2.30. The molecule has 0 unspecified atom stereocenters. The number of halogens is 1. The molecule has 18 heteroatoms. The molecule has 2 N–H and O–H groups in total. The average Bonchev–Trinajstić information content (AvgIpc) is 4.18. The van der Waals surface area contributed by atoms with Crippen molar-refractivity contribution in [2.75, 3.05) is 10.6 Å². The molecule has 0 bridgehead atoms. The molecule has 356 valence electrons. The molecule has 0 aliphatic carbocycles. The summed E-state index contributed by atoms with van der Waals surface area (Å²) < 4.78 is 6.99. The minimum atomic E-state index is -0.181. The lowest BCUT2D eigenvalue weighted by atomic mass is 10.0. The molecule has 0 aliphatic heterocycles. The number of Topliss-reactive ketones (excluding diaryl/α,β-unsaturated/α-hetero) is 2. The number of anilines is 4. The van der Waals surface area contributed by atoms with Crippen molar-refractivity contribution in [2.45, 2.75) is 92.2 Å². The van der Waals surface area contributed by atoms with Crippen molar-refractivity contribution >= 4 is 52.1 Å². The van der Waals surface area contributed by atoms with Crippen LogP contribution in [0.2, 0.25) is 5.02 Å². The molecule has 0 saturated carbocycles. The van der Waals surface area contributed by atoms with Crippen molar-refractivity contribution in [1.29, 1.82) is 0 Å². The number of benzene rings is 2. The van der Waals surface area contributed by atoms with Gasteiger partial charge in [-0.2, -0.15) is 20.4 Å². The largest absolute Gasteiger partial charge is 0.321 e. The number of carbonyl (C=O) groups is 2. The van der Waals surface area contributed by atoms with E-state index < -0.39 is 0 Å². The van der Waals surface area contributed by atoms with Gasteiger partial charge in [0, 0.05) is 74.7 Å². The van der Waals surface area contributed by atoms with Gasteiger partial charge in [0.05, 0.1) is 76.3 Å². The quantitative estimate of drug-likeness (QED) is 0.0777. The summed E-state index contributed by atoms with van der Waals surface area (Å²) >= 11 is 6.55. The summed E-state index contributed by atoms with van der Waals surface area (Å²) in [5.41, 5.74) is 7.84. The SMILES string of the molecule is CC.Cn1cc(Nc2nccc(-c3ccc(CCC(=O)c4cnn(C(C)(C)C)c4)c(Cl)c3)n2)cn1.[C-]#[N+]c1cc(-c2ccnc(Nc3cnn(C)c3)n2)ccc1CCC(=O)c1cnn(C(C)(C)C)c1. The van der Waals surface area contributed by atoms with E-state index in [-0.39, 0.29) is 22.6 Å². The smallest absolute Gasteiger partial charge is 0.227 e. The number of carbonyl (C=O) groups excluding carboxylic acids is 2. The van der Waals surface area contributed by atoms with Crippen molar-refractivity contribution in [3.8, 4) is 22.5 Å². The van der Waals surface area contributed by atoms with Crippen molar-refractivity contribution < 1.29 is 9.59 Å². The van der Waals surface area contributed by atoms with Crippen LogP contribution in [0.4, 0.5) is 29.0 Å². The molecule has 0 atom stereocenters. The van der Waals surface area contributed by atoms with Crippen molar-refractivity contribution in [2.24, 2.45) is 14.1 Å². The van der Waals surface area contributed by atoms with Crippen LogP contribution in [0.25, 0.3) is 27.4 Å². The van der Waals surface area contributed by atoms with Crippen LogP contribution in [0.3, 0.4) is 0 Å². The highest BCUT2D eigenvalue weighted by Gasteiger charge is 2.19. The number of hydrogen-bond acceptors (Lipinski definition) is 12. The molecule has 69 heavy (non-hydrogen) atoms. The van der Waals surface area contributed by atoms with E-state index in [0.717, 1.165) is 39.3 Å². The number of aromatic nitrogens is 12. The Morgan fingerprint density at radius 2 is 1.07 bits per heavy atom. The van der Waals surface area contributed by atoms with Crippen LogP contribution < -0.4 is 10.6 Å². The maximum Gasteiger partial charge on any atom is 0.227 e. The Hall–Kier alpha value is -7.84. The van der Waals surface area contributed by atoms with E-state index in [0.29, 0.717) is 65.1 Å². The zero-order chi connectivity index (χ0) is 49.9. The highest BCUT2D eigenvalue weighted by molar-refractivity contribution is 6.31. The van der Waals surface area contributed by atoms with E-state index >= 15 is 0 Å². The number of ketones is 2. The summed E-state index contributed by atoms with van der Waals surface area (Å²) in [5, 5.41) is 23.7. The van der Waals surface area contributed by atoms with E-state index in [4.69, 9.17) is 18.2 Å². The second kappa shape index (κ2) is 22.3. The Kier molecular flexibility index (Phi) is 16.3. The molecule has 0 amide bonds. The Morgan fingerprint density at radius 3 is 1.48 bits per heavy atom. The molecule has 8 rings (SSSR count). The van der Waals surface area contributed by atoms with Crippen LogP contribution in [0, 0.1) is 6.57 Å². The van der Waals surface area contributed by atoms with Crippen LogP contribution >= 0.6 is 11.6 Å². The molecular formula is C51H58ClN15O2. The Bertz CT molecular complexity index is 3070. The van der Waals surface area contributed by atoms with Crippen LogP contribution in [0.1, 0.15) is 100 Å². The lowest BCUT2D eigenvalue weighted by Gasteiger charge is -2.18. The molecule has 0 spiro atoms. The number of hydrogen-bond donors (Lipinski definition) is 2. The highest BCUT2D eigenvalue weighted by atomic mass is 35.5. The van der Waals surface area contributed by atoms with Crippen molar-refractivity contribution in [3.63, 3.8) is 0 Å². The van der Waals surface area contributed by atoms with Gasteiger partial charge in [-0.15, -0.1) is 0 Å². The van der Waals surface area contributed by atoms with Crippen LogP contribution in [-0.4, -0.2) is 70.6 Å². The van der Waals surface area contributed by atoms with Crippen LogP contribution in [0.15, 0.2) is 110 Å². The summed E-state index contributed by atoms with van der Waals surface area (Å²) in [5.74, 6) is 0.979. The molecule has 17 nitrogen and oxygen atoms in total. The molecule has 8 aromatic rings. The van der Waals surface area contributed by atoms with Crippen molar-refractivity contribution in [3.05, 3.63) is 149 Å². The summed E-state index contributed by atoms with van der Waals surface area (Å²) in [6, 6.07) is 15.0. The number of aryl methyl sites for hydroxylation is 4. The van der Waals surface area contributed by atoms with Gasteiger partial charge in [-0.3, -0.25) is 28.3 Å². The number of rotatable bonds is 14. The Balaban J connectivity index is 0.000000219. The van der Waals surface area contributed by atoms with E-state index in [1.54, 1.807) is 80.4 Å². The van der Waals surface area contributed by atoms with Crippen LogP contribution in [-0.2, 0) is 38.0 Å². The van der Waals surface area contributed by atoms with Gasteiger partial charge in [0.25, 0.3) is 0 Å². The van der Waals surface area contributed by atoms with Gasteiger partial charge in [-0.1, -0.05) is 49.7 Å². The fourth-order valence-corrected chi connectivity index (χ4v) is 7.06. The third-order valence-electron chi connectivity index (χ3n) is 10.5. The third kappa shape index (κ3) is 13.6. The molecule has 6 heterocycles. The van der Waals surface area contributed by atoms with Gasteiger partial charge >= 0.3 is 0 Å². The lowest BCUT2D eigenvalue weighted by molar-refractivity contribution is 0.0974. The van der Waals surface area contributed by atoms with Gasteiger partial charge < -0.3 is 10.6 Å². The predicted molar refractivity (Wildman–Crippen MR) is 270 cm³/mol. The minimum absolute atomic E-state index is 0.0115. The monoisotopic (exact) mass is 947 g/mol. The summed E-state index contributed by atoms with van der Waals surface area (Å²) in [7, 11) is 3.68. The first-order chi connectivity index (χ1) is 32.9. The van der Waals surface area contributed by atoms with E-state index in [1.165, 1.54) is 0 Å². The van der Waals surface area contributed by atoms with E-state index in [2.05, 4.69) is 55.8 Å². The normalized spacial score (nSPS) is 11.2. The topological polar surface area (TPSA) is 185 Å². The first-order valence-electron chi connectivity index (χ1n) is 22.6. The first kappa shape index (κ1) is 50.6. The average molecular weight is 949 g/mol. The minimum Gasteiger partial charge on any atom is -0.321 e. The Labute approximate surface area is 407 Å². The van der Waals surface area contributed by atoms with Gasteiger partial charge in [-0.25, -0.2) is 24.8 Å². The predicted octanol–water partition coefficient (Wildman–Crippen LogP) is 11.0. The maximum atomic E-state index is 12.7. The maximum absolute atomic E-state index is 12.7. The zero-order valence-corrected chi connectivity index (χ0v) is 41.5. The summed E-state index contributed by atoms with van der Waals surface area (Å²) in [4.78, 5) is 46.6. The van der Waals surface area contributed by atoms with Gasteiger partial charge in [0.1, 0.15) is 0 Å². The number of nitrogens with one attached hydrogen (secondary N) is 2. The second-order valence-electron chi connectivity index (χ2n) is 17.9.